The van der Waals surface area contributed by atoms with E-state index in [0.717, 1.165) is 0 Å². The Balaban J connectivity index is 1.49. The van der Waals surface area contributed by atoms with Crippen LogP contribution in [-0.2, 0) is 16.6 Å². The summed E-state index contributed by atoms with van der Waals surface area (Å²) in [6.07, 6.45) is -0.706. The third-order valence-electron chi connectivity index (χ3n) is 5.05. The second-order valence-electron chi connectivity index (χ2n) is 6.94. The molecule has 142 valence electrons. The van der Waals surface area contributed by atoms with Crippen molar-refractivity contribution < 1.29 is 13.5 Å². The molecule has 0 bridgehead atoms. The van der Waals surface area contributed by atoms with E-state index in [1.54, 1.807) is 41.7 Å². The van der Waals surface area contributed by atoms with Crippen molar-refractivity contribution in [2.45, 2.75) is 23.6 Å². The molecular formula is C20H22N2O3S2. The average molecular weight is 403 g/mol. The zero-order chi connectivity index (χ0) is 19.0. The van der Waals surface area contributed by atoms with Crippen LogP contribution < -0.4 is 0 Å². The molecule has 0 spiro atoms. The lowest BCUT2D eigenvalue weighted by Crippen LogP contribution is -2.40. The molecule has 0 unspecified atom stereocenters. The van der Waals surface area contributed by atoms with Crippen molar-refractivity contribution in [3.63, 3.8) is 0 Å². The van der Waals surface area contributed by atoms with Gasteiger partial charge in [0.1, 0.15) is 0 Å². The van der Waals surface area contributed by atoms with E-state index in [0.29, 0.717) is 13.1 Å². The van der Waals surface area contributed by atoms with E-state index >= 15 is 0 Å². The van der Waals surface area contributed by atoms with Gasteiger partial charge in [0.2, 0.25) is 10.0 Å². The quantitative estimate of drug-likeness (QED) is 0.713. The van der Waals surface area contributed by atoms with Gasteiger partial charge in [0.05, 0.1) is 17.0 Å². The van der Waals surface area contributed by atoms with Crippen molar-refractivity contribution in [2.75, 3.05) is 20.1 Å². The molecule has 0 saturated carbocycles. The minimum Gasteiger partial charge on any atom is -0.390 e. The first-order valence-electron chi connectivity index (χ1n) is 8.86. The Morgan fingerprint density at radius 1 is 1.11 bits per heavy atom. The van der Waals surface area contributed by atoms with Gasteiger partial charge < -0.3 is 5.11 Å². The smallest absolute Gasteiger partial charge is 0.243 e. The van der Waals surface area contributed by atoms with E-state index < -0.39 is 16.1 Å². The molecule has 1 N–H and O–H groups in total. The van der Waals surface area contributed by atoms with Crippen LogP contribution >= 0.6 is 11.3 Å². The van der Waals surface area contributed by atoms with E-state index in [4.69, 9.17) is 0 Å². The first-order chi connectivity index (χ1) is 12.9. The standard InChI is InChI=1S/C20H22N2O3S2/c1-21(12-16-11-15-7-5-6-10-20(15)26-16)18-13-22(14-19(18)23)27(24,25)17-8-3-2-4-9-17/h2-11,18-19,23H,12-14H2,1H3/t18-,19-/m1/s1. The number of likely N-dealkylation sites (N-methyl/N-ethyl adjacent to an activating group) is 1. The molecule has 0 aliphatic carbocycles. The molecule has 1 aliphatic heterocycles. The Labute approximate surface area is 163 Å². The van der Waals surface area contributed by atoms with E-state index in [2.05, 4.69) is 23.1 Å². The van der Waals surface area contributed by atoms with Crippen LogP contribution in [-0.4, -0.2) is 55.0 Å². The van der Waals surface area contributed by atoms with Crippen molar-refractivity contribution in [3.8, 4) is 0 Å². The molecule has 7 heteroatoms. The number of fused-ring (bicyclic) bond motifs is 1. The van der Waals surface area contributed by atoms with Gasteiger partial charge >= 0.3 is 0 Å². The maximum atomic E-state index is 12.8. The molecule has 2 heterocycles. The highest BCUT2D eigenvalue weighted by molar-refractivity contribution is 7.89. The predicted molar refractivity (Wildman–Crippen MR) is 108 cm³/mol. The molecule has 2 atom stereocenters. The fourth-order valence-electron chi connectivity index (χ4n) is 3.58. The number of benzene rings is 2. The monoisotopic (exact) mass is 402 g/mol. The van der Waals surface area contributed by atoms with Crippen molar-refractivity contribution in [3.05, 3.63) is 65.5 Å². The lowest BCUT2D eigenvalue weighted by atomic mass is 10.2. The van der Waals surface area contributed by atoms with E-state index in [1.165, 1.54) is 19.3 Å². The lowest BCUT2D eigenvalue weighted by Gasteiger charge is -2.25. The van der Waals surface area contributed by atoms with Gasteiger partial charge in [-0.3, -0.25) is 4.90 Å². The van der Waals surface area contributed by atoms with E-state index in [1.807, 2.05) is 19.2 Å². The number of aliphatic hydroxyl groups is 1. The van der Waals surface area contributed by atoms with Crippen molar-refractivity contribution in [1.29, 1.82) is 0 Å². The van der Waals surface area contributed by atoms with Crippen LogP contribution in [0, 0.1) is 0 Å². The van der Waals surface area contributed by atoms with Crippen LogP contribution in [0.25, 0.3) is 10.1 Å². The van der Waals surface area contributed by atoms with Gasteiger partial charge in [0.15, 0.2) is 0 Å². The summed E-state index contributed by atoms with van der Waals surface area (Å²) in [6, 6.07) is 18.6. The van der Waals surface area contributed by atoms with Gasteiger partial charge in [-0.2, -0.15) is 4.31 Å². The first-order valence-corrected chi connectivity index (χ1v) is 11.1. The second kappa shape index (κ2) is 7.33. The third-order valence-corrected chi connectivity index (χ3v) is 8.00. The Bertz CT molecular complexity index is 1000. The van der Waals surface area contributed by atoms with Crippen molar-refractivity contribution >= 4 is 31.4 Å². The average Bonchev–Trinajstić information content (AvgIpc) is 3.25. The highest BCUT2D eigenvalue weighted by Crippen LogP contribution is 2.28. The van der Waals surface area contributed by atoms with E-state index in [9.17, 15) is 13.5 Å². The van der Waals surface area contributed by atoms with Gasteiger partial charge in [-0.25, -0.2) is 8.42 Å². The van der Waals surface area contributed by atoms with Crippen molar-refractivity contribution in [1.82, 2.24) is 9.21 Å². The molecule has 1 aromatic heterocycles. The highest BCUT2D eigenvalue weighted by Gasteiger charge is 2.40. The number of nitrogens with zero attached hydrogens (tertiary/aromatic N) is 2. The molecule has 0 radical (unpaired) electrons. The summed E-state index contributed by atoms with van der Waals surface area (Å²) in [6.45, 7) is 1.10. The molecule has 0 amide bonds. The van der Waals surface area contributed by atoms with Crippen LogP contribution in [0.5, 0.6) is 0 Å². The molecule has 1 aliphatic rings. The van der Waals surface area contributed by atoms with Crippen LogP contribution in [0.2, 0.25) is 0 Å². The molecule has 5 nitrogen and oxygen atoms in total. The van der Waals surface area contributed by atoms with Crippen LogP contribution in [0.15, 0.2) is 65.6 Å². The van der Waals surface area contributed by atoms with Crippen LogP contribution in [0.4, 0.5) is 0 Å². The molecular weight excluding hydrogens is 380 g/mol. The second-order valence-corrected chi connectivity index (χ2v) is 10.0. The number of aliphatic hydroxyl groups excluding tert-OH is 1. The summed E-state index contributed by atoms with van der Waals surface area (Å²) in [4.78, 5) is 3.52. The maximum Gasteiger partial charge on any atom is 0.243 e. The number of β-amino-alcohol motifs (C(OH)–C–C–N with tert-alkyl or cyclic N) is 1. The van der Waals surface area contributed by atoms with Gasteiger partial charge in [-0.1, -0.05) is 36.4 Å². The molecule has 3 aromatic rings. The maximum absolute atomic E-state index is 12.8. The first kappa shape index (κ1) is 18.6. The summed E-state index contributed by atoms with van der Waals surface area (Å²) >= 11 is 1.73. The Hall–Kier alpha value is -1.77. The molecule has 4 rings (SSSR count). The van der Waals surface area contributed by atoms with Gasteiger partial charge in [-0.15, -0.1) is 11.3 Å². The van der Waals surface area contributed by atoms with Gasteiger partial charge in [0.25, 0.3) is 0 Å². The lowest BCUT2D eigenvalue weighted by molar-refractivity contribution is 0.0959. The number of hydrogen-bond donors (Lipinski definition) is 1. The largest absolute Gasteiger partial charge is 0.390 e. The third kappa shape index (κ3) is 3.66. The highest BCUT2D eigenvalue weighted by atomic mass is 32.2. The Kier molecular flexibility index (Phi) is 5.05. The summed E-state index contributed by atoms with van der Waals surface area (Å²) in [5.41, 5.74) is 0. The molecule has 27 heavy (non-hydrogen) atoms. The minimum absolute atomic E-state index is 0.124. The number of hydrogen-bond acceptors (Lipinski definition) is 5. The number of rotatable bonds is 5. The topological polar surface area (TPSA) is 60.9 Å². The van der Waals surface area contributed by atoms with Gasteiger partial charge in [-0.05, 0) is 36.7 Å². The SMILES string of the molecule is CN(Cc1cc2ccccc2s1)[C@@H]1CN(S(=O)(=O)c2ccccc2)C[C@H]1O. The summed E-state index contributed by atoms with van der Waals surface area (Å²) in [7, 11) is -1.64. The van der Waals surface area contributed by atoms with Gasteiger partial charge in [0, 0.05) is 29.2 Å². The zero-order valence-electron chi connectivity index (χ0n) is 15.0. The summed E-state index contributed by atoms with van der Waals surface area (Å²) in [5.74, 6) is 0. The Morgan fingerprint density at radius 3 is 2.56 bits per heavy atom. The predicted octanol–water partition coefficient (Wildman–Crippen LogP) is 2.77. The molecule has 2 aromatic carbocycles. The minimum atomic E-state index is -3.58. The zero-order valence-corrected chi connectivity index (χ0v) is 16.7. The normalized spacial score (nSPS) is 21.3. The van der Waals surface area contributed by atoms with Crippen molar-refractivity contribution in [2.24, 2.45) is 0 Å². The molecule has 1 fully saturated rings. The Morgan fingerprint density at radius 2 is 1.81 bits per heavy atom. The summed E-state index contributed by atoms with van der Waals surface area (Å²) in [5, 5.41) is 11.7. The van der Waals surface area contributed by atoms with E-state index in [-0.39, 0.29) is 17.5 Å². The number of sulfonamides is 1. The fourth-order valence-corrected chi connectivity index (χ4v) is 6.21. The summed E-state index contributed by atoms with van der Waals surface area (Å²) < 4.78 is 28.3. The number of thiophene rings is 1. The fraction of sp³-hybridized carbons (Fsp3) is 0.300. The van der Waals surface area contributed by atoms with Crippen LogP contribution in [0.3, 0.4) is 0 Å². The van der Waals surface area contributed by atoms with Crippen LogP contribution in [0.1, 0.15) is 4.88 Å². The molecule has 1 saturated heterocycles.